The van der Waals surface area contributed by atoms with Crippen molar-refractivity contribution in [2.45, 2.75) is 40.0 Å². The zero-order valence-corrected chi connectivity index (χ0v) is 17.2. The Balaban J connectivity index is 1.57. The van der Waals surface area contributed by atoms with Crippen molar-refractivity contribution in [1.82, 2.24) is 10.1 Å². The van der Waals surface area contributed by atoms with E-state index in [0.717, 1.165) is 28.1 Å². The van der Waals surface area contributed by atoms with Gasteiger partial charge in [0.2, 0.25) is 17.6 Å². The number of benzene rings is 2. The minimum absolute atomic E-state index is 0.0862. The third kappa shape index (κ3) is 3.75. The van der Waals surface area contributed by atoms with Gasteiger partial charge in [0.25, 0.3) is 0 Å². The van der Waals surface area contributed by atoms with Crippen LogP contribution in [0.15, 0.2) is 40.9 Å². The summed E-state index contributed by atoms with van der Waals surface area (Å²) < 4.78 is 11.1. The molecule has 1 aromatic heterocycles. The third-order valence-corrected chi connectivity index (χ3v) is 5.22. The van der Waals surface area contributed by atoms with E-state index in [2.05, 4.69) is 29.2 Å². The zero-order valence-electron chi connectivity index (χ0n) is 17.2. The minimum atomic E-state index is -0.112. The van der Waals surface area contributed by atoms with E-state index in [9.17, 15) is 4.79 Å². The Hall–Kier alpha value is -3.15. The number of aryl methyl sites for hydroxylation is 3. The number of carbonyl (C=O) groups is 1. The summed E-state index contributed by atoms with van der Waals surface area (Å²) in [6.07, 6.45) is 0.368. The topological polar surface area (TPSA) is 68.5 Å². The maximum absolute atomic E-state index is 12.8. The van der Waals surface area contributed by atoms with E-state index in [-0.39, 0.29) is 11.8 Å². The molecule has 0 bridgehead atoms. The van der Waals surface area contributed by atoms with Gasteiger partial charge in [0.15, 0.2) is 0 Å². The van der Waals surface area contributed by atoms with Crippen LogP contribution in [0.4, 0.5) is 5.69 Å². The van der Waals surface area contributed by atoms with Gasteiger partial charge in [-0.25, -0.2) is 0 Å². The molecule has 4 rings (SSSR count). The van der Waals surface area contributed by atoms with Crippen LogP contribution in [0.2, 0.25) is 0 Å². The van der Waals surface area contributed by atoms with E-state index in [1.165, 1.54) is 5.56 Å². The first-order valence-electron chi connectivity index (χ1n) is 9.91. The number of aromatic nitrogens is 2. The van der Waals surface area contributed by atoms with Gasteiger partial charge in [-0.3, -0.25) is 4.79 Å². The number of amides is 1. The number of anilines is 1. The van der Waals surface area contributed by atoms with Crippen molar-refractivity contribution in [3.8, 4) is 17.1 Å². The van der Waals surface area contributed by atoms with E-state index in [1.54, 1.807) is 0 Å². The monoisotopic (exact) mass is 391 g/mol. The van der Waals surface area contributed by atoms with Crippen LogP contribution in [0.5, 0.6) is 5.75 Å². The molecule has 150 valence electrons. The Kier molecular flexibility index (Phi) is 5.09. The van der Waals surface area contributed by atoms with Gasteiger partial charge in [-0.1, -0.05) is 35.0 Å². The molecule has 1 aliphatic rings. The fourth-order valence-electron chi connectivity index (χ4n) is 4.10. The average Bonchev–Trinajstić information content (AvgIpc) is 3.29. The van der Waals surface area contributed by atoms with E-state index in [1.807, 2.05) is 49.9 Å². The minimum Gasteiger partial charge on any atom is -0.494 e. The second kappa shape index (κ2) is 7.70. The SMILES string of the molecule is CCOc1cccc(-c2noc(C3CC(=O)N(c4c(C)cc(C)cc4C)C3)n2)c1. The average molecular weight is 391 g/mol. The van der Waals surface area contributed by atoms with Gasteiger partial charge < -0.3 is 14.2 Å². The van der Waals surface area contributed by atoms with Crippen LogP contribution in [0, 0.1) is 20.8 Å². The number of carbonyl (C=O) groups excluding carboxylic acids is 1. The Morgan fingerprint density at radius 1 is 1.17 bits per heavy atom. The number of nitrogens with zero attached hydrogens (tertiary/aromatic N) is 3. The van der Waals surface area contributed by atoms with Crippen molar-refractivity contribution < 1.29 is 14.1 Å². The molecule has 0 N–H and O–H groups in total. The summed E-state index contributed by atoms with van der Waals surface area (Å²) in [6, 6.07) is 11.8. The van der Waals surface area contributed by atoms with Crippen molar-refractivity contribution in [3.63, 3.8) is 0 Å². The maximum Gasteiger partial charge on any atom is 0.232 e. The highest BCUT2D eigenvalue weighted by Gasteiger charge is 2.36. The first-order chi connectivity index (χ1) is 14.0. The summed E-state index contributed by atoms with van der Waals surface area (Å²) in [5.74, 6) is 1.75. The number of hydrogen-bond donors (Lipinski definition) is 0. The van der Waals surface area contributed by atoms with Crippen LogP contribution in [-0.2, 0) is 4.79 Å². The lowest BCUT2D eigenvalue weighted by Crippen LogP contribution is -2.26. The Bertz CT molecular complexity index is 1030. The fourth-order valence-corrected chi connectivity index (χ4v) is 4.10. The van der Waals surface area contributed by atoms with Gasteiger partial charge in [-0.2, -0.15) is 4.98 Å². The molecule has 0 aliphatic carbocycles. The van der Waals surface area contributed by atoms with E-state index in [4.69, 9.17) is 9.26 Å². The van der Waals surface area contributed by atoms with Crippen LogP contribution in [0.25, 0.3) is 11.4 Å². The summed E-state index contributed by atoms with van der Waals surface area (Å²) in [4.78, 5) is 19.2. The molecule has 6 nitrogen and oxygen atoms in total. The quantitative estimate of drug-likeness (QED) is 0.637. The maximum atomic E-state index is 12.8. The van der Waals surface area contributed by atoms with Crippen LogP contribution in [-0.4, -0.2) is 29.2 Å². The van der Waals surface area contributed by atoms with Crippen LogP contribution < -0.4 is 9.64 Å². The van der Waals surface area contributed by atoms with E-state index in [0.29, 0.717) is 31.3 Å². The molecule has 6 heteroatoms. The predicted octanol–water partition coefficient (Wildman–Crippen LogP) is 4.58. The standard InChI is InChI=1S/C23H25N3O3/c1-5-28-19-8-6-7-17(11-19)22-24-23(29-25-22)18-12-20(27)26(13-18)21-15(3)9-14(2)10-16(21)4/h6-11,18H,5,12-13H2,1-4H3. The summed E-state index contributed by atoms with van der Waals surface area (Å²) >= 11 is 0. The van der Waals surface area contributed by atoms with Crippen molar-refractivity contribution in [1.29, 1.82) is 0 Å². The van der Waals surface area contributed by atoms with Crippen molar-refractivity contribution in [2.75, 3.05) is 18.1 Å². The molecule has 0 saturated carbocycles. The zero-order chi connectivity index (χ0) is 20.5. The molecule has 0 radical (unpaired) electrons. The molecule has 2 heterocycles. The molecule has 29 heavy (non-hydrogen) atoms. The largest absolute Gasteiger partial charge is 0.494 e. The summed E-state index contributed by atoms with van der Waals surface area (Å²) in [7, 11) is 0. The molecule has 3 aromatic rings. The third-order valence-electron chi connectivity index (χ3n) is 5.22. The molecule has 1 amide bonds. The Morgan fingerprint density at radius 2 is 1.93 bits per heavy atom. The molecular weight excluding hydrogens is 366 g/mol. The highest BCUT2D eigenvalue weighted by atomic mass is 16.5. The molecule has 1 fully saturated rings. The molecule has 2 aromatic carbocycles. The highest BCUT2D eigenvalue weighted by Crippen LogP contribution is 2.35. The molecule has 0 spiro atoms. The lowest BCUT2D eigenvalue weighted by Gasteiger charge is -2.21. The van der Waals surface area contributed by atoms with Gasteiger partial charge in [0, 0.05) is 24.2 Å². The second-order valence-corrected chi connectivity index (χ2v) is 7.57. The van der Waals surface area contributed by atoms with Gasteiger partial charge >= 0.3 is 0 Å². The highest BCUT2D eigenvalue weighted by molar-refractivity contribution is 5.97. The lowest BCUT2D eigenvalue weighted by molar-refractivity contribution is -0.117. The van der Waals surface area contributed by atoms with Gasteiger partial charge in [-0.05, 0) is 51.0 Å². The Morgan fingerprint density at radius 3 is 2.66 bits per heavy atom. The van der Waals surface area contributed by atoms with E-state index < -0.39 is 0 Å². The predicted molar refractivity (Wildman–Crippen MR) is 111 cm³/mol. The van der Waals surface area contributed by atoms with Gasteiger partial charge in [0.1, 0.15) is 5.75 Å². The molecule has 1 aliphatic heterocycles. The Labute approximate surface area is 170 Å². The first-order valence-corrected chi connectivity index (χ1v) is 9.91. The first kappa shape index (κ1) is 19.2. The normalized spacial score (nSPS) is 16.5. The number of rotatable bonds is 5. The van der Waals surface area contributed by atoms with Crippen molar-refractivity contribution in [2.24, 2.45) is 0 Å². The van der Waals surface area contributed by atoms with Gasteiger partial charge in [0.05, 0.1) is 12.5 Å². The van der Waals surface area contributed by atoms with Crippen LogP contribution >= 0.6 is 0 Å². The molecule has 1 unspecified atom stereocenters. The summed E-state index contributed by atoms with van der Waals surface area (Å²) in [6.45, 7) is 9.25. The molecular formula is C23H25N3O3. The number of hydrogen-bond acceptors (Lipinski definition) is 5. The van der Waals surface area contributed by atoms with E-state index >= 15 is 0 Å². The summed E-state index contributed by atoms with van der Waals surface area (Å²) in [5.41, 5.74) is 5.23. The van der Waals surface area contributed by atoms with Crippen molar-refractivity contribution in [3.05, 3.63) is 59.0 Å². The van der Waals surface area contributed by atoms with Gasteiger partial charge in [-0.15, -0.1) is 0 Å². The van der Waals surface area contributed by atoms with Crippen molar-refractivity contribution >= 4 is 11.6 Å². The molecule has 1 atom stereocenters. The lowest BCUT2D eigenvalue weighted by atomic mass is 10.0. The fraction of sp³-hybridized carbons (Fsp3) is 0.348. The second-order valence-electron chi connectivity index (χ2n) is 7.57. The number of ether oxygens (including phenoxy) is 1. The smallest absolute Gasteiger partial charge is 0.232 e. The van der Waals surface area contributed by atoms with Crippen LogP contribution in [0.1, 0.15) is 41.8 Å². The van der Waals surface area contributed by atoms with Crippen LogP contribution in [0.3, 0.4) is 0 Å². The summed E-state index contributed by atoms with van der Waals surface area (Å²) in [5, 5.41) is 4.13. The molecule has 1 saturated heterocycles.